The average Bonchev–Trinajstić information content (AvgIpc) is 2.05. The van der Waals surface area contributed by atoms with Crippen molar-refractivity contribution >= 4 is 0 Å². The van der Waals surface area contributed by atoms with Crippen LogP contribution in [0.1, 0.15) is 56.9 Å². The molecule has 1 rings (SSSR count). The maximum Gasteiger partial charge on any atom is 0.0594 e. The Kier molecular flexibility index (Phi) is 35.1. The van der Waals surface area contributed by atoms with Gasteiger partial charge in [0.25, 0.3) is 0 Å². The van der Waals surface area contributed by atoms with Gasteiger partial charge in [-0.1, -0.05) is 43.1 Å². The van der Waals surface area contributed by atoms with Crippen molar-refractivity contribution < 1.29 is 37.4 Å². The first-order valence-corrected chi connectivity index (χ1v) is 5.35. The molecular formula is C14H37NOY. The van der Waals surface area contributed by atoms with Gasteiger partial charge >= 0.3 is 0 Å². The second-order valence-corrected chi connectivity index (χ2v) is 4.47. The molecule has 0 saturated carbocycles. The van der Waals surface area contributed by atoms with Gasteiger partial charge in [-0.2, -0.15) is 0 Å². The Morgan fingerprint density at radius 1 is 0.824 bits per heavy atom. The van der Waals surface area contributed by atoms with Crippen LogP contribution in [0.3, 0.4) is 0 Å². The molecule has 0 aromatic carbocycles. The van der Waals surface area contributed by atoms with Gasteiger partial charge in [0.1, 0.15) is 0 Å². The smallest absolute Gasteiger partial charge is 0.0594 e. The molecule has 1 aliphatic heterocycles. The van der Waals surface area contributed by atoms with Crippen LogP contribution in [-0.2, 0) is 37.4 Å². The summed E-state index contributed by atoms with van der Waals surface area (Å²) in [5, 5.41) is 0. The van der Waals surface area contributed by atoms with Crippen LogP contribution in [0, 0.1) is 5.92 Å². The zero-order valence-corrected chi connectivity index (χ0v) is 13.3. The van der Waals surface area contributed by atoms with Crippen LogP contribution in [0.4, 0.5) is 0 Å². The van der Waals surface area contributed by atoms with Gasteiger partial charge < -0.3 is 4.74 Å². The first-order chi connectivity index (χ1) is 6.04. The van der Waals surface area contributed by atoms with E-state index >= 15 is 0 Å². The average molecular weight is 324 g/mol. The monoisotopic (exact) mass is 324 g/mol. The van der Waals surface area contributed by atoms with Gasteiger partial charge in [0.15, 0.2) is 0 Å². The molecule has 1 fully saturated rings. The largest absolute Gasteiger partial charge is 0.379 e. The van der Waals surface area contributed by atoms with Gasteiger partial charge in [0.05, 0.1) is 13.2 Å². The molecule has 0 bridgehead atoms. The maximum absolute atomic E-state index is 5.21. The standard InChI is InChI=1S/C7H15NO.C4H10.3CH4.Y/c1-7(2)8-3-5-9-6-4-8;1-4(2)3;;;;/h7H,3-6H2,1-2H3;4H,1-3H3;3*1H4;. The van der Waals surface area contributed by atoms with Crippen LogP contribution in [0.2, 0.25) is 0 Å². The van der Waals surface area contributed by atoms with Crippen LogP contribution in [0.25, 0.3) is 0 Å². The third-order valence-corrected chi connectivity index (χ3v) is 1.78. The van der Waals surface area contributed by atoms with E-state index < -0.39 is 0 Å². The molecule has 0 N–H and O–H groups in total. The van der Waals surface area contributed by atoms with Gasteiger partial charge in [-0.3, -0.25) is 4.90 Å². The minimum absolute atomic E-state index is 0. The Balaban J connectivity index is -0.0000000542. The second-order valence-electron chi connectivity index (χ2n) is 4.47. The quantitative estimate of drug-likeness (QED) is 0.713. The topological polar surface area (TPSA) is 12.5 Å². The van der Waals surface area contributed by atoms with E-state index in [2.05, 4.69) is 39.5 Å². The number of rotatable bonds is 1. The maximum atomic E-state index is 5.21. The fourth-order valence-electron chi connectivity index (χ4n) is 1.09. The normalized spacial score (nSPS) is 14.3. The first kappa shape index (κ1) is 30.8. The first-order valence-electron chi connectivity index (χ1n) is 5.35. The van der Waals surface area contributed by atoms with Crippen molar-refractivity contribution in [2.75, 3.05) is 26.3 Å². The van der Waals surface area contributed by atoms with Gasteiger partial charge in [-0.05, 0) is 19.8 Å². The van der Waals surface area contributed by atoms with Gasteiger partial charge in [-0.25, -0.2) is 0 Å². The van der Waals surface area contributed by atoms with Crippen molar-refractivity contribution in [1.82, 2.24) is 4.90 Å². The van der Waals surface area contributed by atoms with Crippen molar-refractivity contribution in [1.29, 1.82) is 0 Å². The summed E-state index contributed by atoms with van der Waals surface area (Å²) in [4.78, 5) is 2.43. The summed E-state index contributed by atoms with van der Waals surface area (Å²) in [6, 6.07) is 0.689. The van der Waals surface area contributed by atoms with Gasteiger partial charge in [-0.15, -0.1) is 0 Å². The molecule has 0 aromatic rings. The Labute approximate surface area is 137 Å². The fourth-order valence-corrected chi connectivity index (χ4v) is 1.09. The van der Waals surface area contributed by atoms with Crippen molar-refractivity contribution in [2.24, 2.45) is 5.92 Å². The second kappa shape index (κ2) is 19.4. The molecule has 0 amide bonds. The number of hydrogen-bond donors (Lipinski definition) is 0. The molecule has 0 aliphatic carbocycles. The van der Waals surface area contributed by atoms with E-state index in [0.717, 1.165) is 32.2 Å². The van der Waals surface area contributed by atoms with Crippen molar-refractivity contribution in [3.63, 3.8) is 0 Å². The molecular weight excluding hydrogens is 287 g/mol. The van der Waals surface area contributed by atoms with E-state index in [1.54, 1.807) is 0 Å². The summed E-state index contributed by atoms with van der Waals surface area (Å²) in [7, 11) is 0. The number of hydrogen-bond acceptors (Lipinski definition) is 2. The molecule has 1 aliphatic rings. The van der Waals surface area contributed by atoms with Crippen LogP contribution in [0.5, 0.6) is 0 Å². The van der Waals surface area contributed by atoms with Crippen molar-refractivity contribution in [2.45, 2.75) is 62.9 Å². The summed E-state index contributed by atoms with van der Waals surface area (Å²) in [5.41, 5.74) is 0. The van der Waals surface area contributed by atoms with Crippen LogP contribution in [0.15, 0.2) is 0 Å². The SMILES string of the molecule is C.C.C.CC(C)C.CC(C)N1CCOCC1.[Y]. The summed E-state index contributed by atoms with van der Waals surface area (Å²) in [6.45, 7) is 15.0. The molecule has 3 heteroatoms. The Morgan fingerprint density at radius 3 is 1.29 bits per heavy atom. The van der Waals surface area contributed by atoms with Gasteiger partial charge in [0.2, 0.25) is 0 Å². The third-order valence-electron chi connectivity index (χ3n) is 1.78. The van der Waals surface area contributed by atoms with E-state index in [1.165, 1.54) is 0 Å². The minimum Gasteiger partial charge on any atom is -0.379 e. The molecule has 0 atom stereocenters. The van der Waals surface area contributed by atoms with Crippen LogP contribution in [-0.4, -0.2) is 37.2 Å². The fraction of sp³-hybridized carbons (Fsp3) is 1.00. The molecule has 17 heavy (non-hydrogen) atoms. The van der Waals surface area contributed by atoms with E-state index in [1.807, 2.05) is 0 Å². The van der Waals surface area contributed by atoms with Crippen molar-refractivity contribution in [3.05, 3.63) is 0 Å². The summed E-state index contributed by atoms with van der Waals surface area (Å²) >= 11 is 0. The molecule has 0 unspecified atom stereocenters. The predicted molar refractivity (Wildman–Crippen MR) is 78.2 cm³/mol. The van der Waals surface area contributed by atoms with E-state index in [0.29, 0.717) is 6.04 Å². The Bertz CT molecular complexity index is 110. The Morgan fingerprint density at radius 2 is 1.12 bits per heavy atom. The number of morpholine rings is 1. The van der Waals surface area contributed by atoms with E-state index in [-0.39, 0.29) is 55.0 Å². The van der Waals surface area contributed by atoms with E-state index in [4.69, 9.17) is 4.74 Å². The van der Waals surface area contributed by atoms with Crippen molar-refractivity contribution in [3.8, 4) is 0 Å². The summed E-state index contributed by atoms with van der Waals surface area (Å²) in [5.74, 6) is 0.833. The molecule has 0 aromatic heterocycles. The number of ether oxygens (including phenoxy) is 1. The van der Waals surface area contributed by atoms with E-state index in [9.17, 15) is 0 Å². The van der Waals surface area contributed by atoms with Gasteiger partial charge in [0, 0.05) is 51.8 Å². The zero-order valence-electron chi connectivity index (χ0n) is 10.4. The van der Waals surface area contributed by atoms with Crippen LogP contribution >= 0.6 is 0 Å². The molecule has 107 valence electrons. The third kappa shape index (κ3) is 22.7. The molecule has 2 nitrogen and oxygen atoms in total. The van der Waals surface area contributed by atoms with Crippen LogP contribution < -0.4 is 0 Å². The molecule has 0 spiro atoms. The summed E-state index contributed by atoms with van der Waals surface area (Å²) < 4.78 is 5.21. The molecule has 1 saturated heterocycles. The molecule has 1 radical (unpaired) electrons. The zero-order chi connectivity index (χ0) is 10.3. The Hall–Kier alpha value is 1.02. The number of nitrogens with zero attached hydrogens (tertiary/aromatic N) is 1. The molecule has 1 heterocycles. The minimum atomic E-state index is 0. The predicted octanol–water partition coefficient (Wildman–Crippen LogP) is 4.30. The summed E-state index contributed by atoms with van der Waals surface area (Å²) in [6.07, 6.45) is 0.